The molecule has 0 atom stereocenters. The second-order valence-electron chi connectivity index (χ2n) is 9.17. The zero-order valence-corrected chi connectivity index (χ0v) is 21.8. The highest BCUT2D eigenvalue weighted by Crippen LogP contribution is 2.30. The quantitative estimate of drug-likeness (QED) is 0.228. The molecule has 0 aliphatic heterocycles. The van der Waals surface area contributed by atoms with E-state index < -0.39 is 21.8 Å². The molecule has 5 aromatic rings. The number of carbonyl (C=O) groups excluding carboxylic acids is 1. The first-order valence-corrected chi connectivity index (χ1v) is 13.8. The molecule has 0 fully saturated rings. The third-order valence-electron chi connectivity index (χ3n) is 6.36. The van der Waals surface area contributed by atoms with Crippen molar-refractivity contribution < 1.29 is 26.4 Å². The first kappa shape index (κ1) is 27.0. The molecule has 1 heterocycles. The van der Waals surface area contributed by atoms with Gasteiger partial charge in [0.05, 0.1) is 10.5 Å². The van der Waals surface area contributed by atoms with Crippen LogP contribution in [0.15, 0.2) is 114 Å². The van der Waals surface area contributed by atoms with Gasteiger partial charge in [0, 0.05) is 29.7 Å². The first-order valence-electron chi connectivity index (χ1n) is 12.3. The van der Waals surface area contributed by atoms with E-state index >= 15 is 0 Å². The van der Waals surface area contributed by atoms with Crippen molar-refractivity contribution in [3.8, 4) is 0 Å². The molecule has 4 aromatic carbocycles. The molecule has 0 unspecified atom stereocenters. The minimum Gasteiger partial charge on any atom is -0.347 e. The molecule has 0 saturated heterocycles. The van der Waals surface area contributed by atoms with Crippen molar-refractivity contribution >= 4 is 32.5 Å². The zero-order valence-electron chi connectivity index (χ0n) is 21.0. The molecule has 6 nitrogen and oxygen atoms in total. The molecule has 0 spiro atoms. The predicted octanol–water partition coefficient (Wildman–Crippen LogP) is 6.44. The van der Waals surface area contributed by atoms with Crippen LogP contribution >= 0.6 is 0 Å². The Morgan fingerprint density at radius 2 is 1.43 bits per heavy atom. The van der Waals surface area contributed by atoms with Gasteiger partial charge in [-0.1, -0.05) is 60.7 Å². The van der Waals surface area contributed by atoms with E-state index in [1.807, 2.05) is 30.3 Å². The number of hydrogen-bond acceptors (Lipinski definition) is 3. The van der Waals surface area contributed by atoms with E-state index in [1.165, 1.54) is 24.3 Å². The monoisotopic (exact) mass is 563 g/mol. The van der Waals surface area contributed by atoms with Crippen LogP contribution in [0.4, 0.5) is 18.9 Å². The molecule has 5 rings (SSSR count). The Hall–Kier alpha value is -4.57. The highest BCUT2D eigenvalue weighted by Gasteiger charge is 2.30. The van der Waals surface area contributed by atoms with Gasteiger partial charge < -0.3 is 9.88 Å². The summed E-state index contributed by atoms with van der Waals surface area (Å²) in [5.41, 5.74) is 1.92. The van der Waals surface area contributed by atoms with Gasteiger partial charge in [-0.3, -0.25) is 9.52 Å². The highest BCUT2D eigenvalue weighted by molar-refractivity contribution is 7.92. The third kappa shape index (κ3) is 6.02. The van der Waals surface area contributed by atoms with Crippen LogP contribution in [0.25, 0.3) is 10.9 Å². The number of amides is 1. The van der Waals surface area contributed by atoms with Crippen LogP contribution in [0.2, 0.25) is 0 Å². The lowest BCUT2D eigenvalue weighted by molar-refractivity contribution is -0.137. The molecule has 0 bridgehead atoms. The number of aromatic nitrogens is 1. The number of hydrogen-bond donors (Lipinski definition) is 2. The normalized spacial score (nSPS) is 11.9. The number of anilines is 1. The minimum absolute atomic E-state index is 0.107. The van der Waals surface area contributed by atoms with Gasteiger partial charge >= 0.3 is 6.18 Å². The van der Waals surface area contributed by atoms with E-state index in [-0.39, 0.29) is 29.6 Å². The summed E-state index contributed by atoms with van der Waals surface area (Å²) >= 11 is 0. The summed E-state index contributed by atoms with van der Waals surface area (Å²) in [4.78, 5) is 13.4. The van der Waals surface area contributed by atoms with Crippen LogP contribution < -0.4 is 10.0 Å². The lowest BCUT2D eigenvalue weighted by Crippen LogP contribution is -2.25. The van der Waals surface area contributed by atoms with Crippen LogP contribution in [0, 0.1) is 0 Å². The molecule has 2 N–H and O–H groups in total. The van der Waals surface area contributed by atoms with Crippen molar-refractivity contribution in [2.45, 2.75) is 24.2 Å². The van der Waals surface area contributed by atoms with Crippen LogP contribution in [0.5, 0.6) is 0 Å². The Labute approximate surface area is 229 Å². The predicted molar refractivity (Wildman–Crippen MR) is 147 cm³/mol. The second-order valence-corrected chi connectivity index (χ2v) is 10.9. The number of fused-ring (bicyclic) bond motifs is 1. The van der Waals surface area contributed by atoms with Crippen molar-refractivity contribution in [3.05, 3.63) is 132 Å². The van der Waals surface area contributed by atoms with Crippen molar-refractivity contribution in [2.75, 3.05) is 4.72 Å². The average molecular weight is 564 g/mol. The van der Waals surface area contributed by atoms with Crippen molar-refractivity contribution in [3.63, 3.8) is 0 Å². The molecule has 0 saturated carbocycles. The largest absolute Gasteiger partial charge is 0.416 e. The topological polar surface area (TPSA) is 80.2 Å². The van der Waals surface area contributed by atoms with Crippen molar-refractivity contribution in [1.29, 1.82) is 0 Å². The molecular formula is C30H24F3N3O3S. The molecule has 204 valence electrons. The van der Waals surface area contributed by atoms with Gasteiger partial charge in [0.2, 0.25) is 0 Å². The second kappa shape index (κ2) is 10.9. The van der Waals surface area contributed by atoms with E-state index in [9.17, 15) is 26.4 Å². The van der Waals surface area contributed by atoms with Crippen molar-refractivity contribution in [1.82, 2.24) is 9.88 Å². The van der Waals surface area contributed by atoms with Crippen LogP contribution in [0.1, 0.15) is 27.2 Å². The highest BCUT2D eigenvalue weighted by atomic mass is 32.2. The molecule has 0 aliphatic carbocycles. The van der Waals surface area contributed by atoms with E-state index in [0.29, 0.717) is 22.2 Å². The molecule has 1 aromatic heterocycles. The summed E-state index contributed by atoms with van der Waals surface area (Å²) in [6.45, 7) is 0.411. The van der Waals surface area contributed by atoms with Gasteiger partial charge in [0.15, 0.2) is 0 Å². The fourth-order valence-corrected chi connectivity index (χ4v) is 5.43. The SMILES string of the molecule is O=C(NCc1ccccc1)c1cc2cc(NS(=O)(=O)c3ccccc3)ccc2n1Cc1ccc(C(F)(F)F)cc1. The number of benzene rings is 4. The lowest BCUT2D eigenvalue weighted by Gasteiger charge is -2.13. The van der Waals surface area contributed by atoms with E-state index in [2.05, 4.69) is 10.0 Å². The van der Waals surface area contributed by atoms with Gasteiger partial charge in [-0.15, -0.1) is 0 Å². The fourth-order valence-electron chi connectivity index (χ4n) is 4.36. The van der Waals surface area contributed by atoms with Gasteiger partial charge in [0.25, 0.3) is 15.9 Å². The Morgan fingerprint density at radius 1 is 0.775 bits per heavy atom. The number of alkyl halides is 3. The Bertz CT molecular complexity index is 1750. The summed E-state index contributed by atoms with van der Waals surface area (Å²) in [6.07, 6.45) is -4.45. The number of carbonyl (C=O) groups is 1. The maximum atomic E-state index is 13.3. The summed E-state index contributed by atoms with van der Waals surface area (Å²) < 4.78 is 69.1. The maximum Gasteiger partial charge on any atom is 0.416 e. The van der Waals surface area contributed by atoms with Gasteiger partial charge in [-0.2, -0.15) is 13.2 Å². The summed E-state index contributed by atoms with van der Waals surface area (Å²) in [5.74, 6) is -0.376. The van der Waals surface area contributed by atoms with Crippen LogP contribution in [0.3, 0.4) is 0 Å². The summed E-state index contributed by atoms with van der Waals surface area (Å²) in [6, 6.07) is 28.6. The number of nitrogens with zero attached hydrogens (tertiary/aromatic N) is 1. The molecule has 0 radical (unpaired) electrons. The standard InChI is InChI=1S/C30H24F3N3O3S/c31-30(32,33)24-13-11-22(12-14-24)20-36-27-16-15-25(35-40(38,39)26-9-5-2-6-10-26)17-23(27)18-28(36)29(37)34-19-21-7-3-1-4-8-21/h1-18,35H,19-20H2,(H,34,37). The summed E-state index contributed by atoms with van der Waals surface area (Å²) in [5, 5.41) is 3.47. The Morgan fingerprint density at radius 3 is 2.08 bits per heavy atom. The number of sulfonamides is 1. The first-order chi connectivity index (χ1) is 19.1. The zero-order chi connectivity index (χ0) is 28.3. The van der Waals surface area contributed by atoms with Crippen LogP contribution in [-0.4, -0.2) is 18.9 Å². The third-order valence-corrected chi connectivity index (χ3v) is 7.75. The van der Waals surface area contributed by atoms with Crippen LogP contribution in [-0.2, 0) is 29.3 Å². The minimum atomic E-state index is -4.45. The van der Waals surface area contributed by atoms with E-state index in [4.69, 9.17) is 0 Å². The maximum absolute atomic E-state index is 13.3. The van der Waals surface area contributed by atoms with E-state index in [1.54, 1.807) is 47.0 Å². The molecule has 40 heavy (non-hydrogen) atoms. The molecule has 0 aliphatic rings. The lowest BCUT2D eigenvalue weighted by atomic mass is 10.1. The number of nitrogens with one attached hydrogen (secondary N) is 2. The van der Waals surface area contributed by atoms with Gasteiger partial charge in [-0.25, -0.2) is 8.42 Å². The Kier molecular flexibility index (Phi) is 7.36. The smallest absolute Gasteiger partial charge is 0.347 e. The van der Waals surface area contributed by atoms with Gasteiger partial charge in [-0.05, 0) is 59.7 Å². The fraction of sp³-hybridized carbons (Fsp3) is 0.100. The van der Waals surface area contributed by atoms with Gasteiger partial charge in [0.1, 0.15) is 5.69 Å². The molecule has 1 amide bonds. The molecular weight excluding hydrogens is 539 g/mol. The number of rotatable bonds is 8. The molecule has 10 heteroatoms. The average Bonchev–Trinajstić information content (AvgIpc) is 3.30. The van der Waals surface area contributed by atoms with Crippen molar-refractivity contribution in [2.24, 2.45) is 0 Å². The van der Waals surface area contributed by atoms with E-state index in [0.717, 1.165) is 17.7 Å². The summed E-state index contributed by atoms with van der Waals surface area (Å²) in [7, 11) is -3.83. The number of halogens is 3. The Balaban J connectivity index is 1.49.